The molecule has 1 fully saturated rings. The predicted octanol–water partition coefficient (Wildman–Crippen LogP) is 0.813. The number of aliphatic hydroxyl groups excluding tert-OH is 1. The zero-order valence-corrected chi connectivity index (χ0v) is 12.9. The van der Waals surface area contributed by atoms with Crippen LogP contribution in [0.1, 0.15) is 12.0 Å². The molecule has 108 valence electrons. The Bertz CT molecular complexity index is 527. The van der Waals surface area contributed by atoms with Gasteiger partial charge in [-0.15, -0.1) is 11.3 Å². The third-order valence-electron chi connectivity index (χ3n) is 3.48. The summed E-state index contributed by atoms with van der Waals surface area (Å²) in [5, 5.41) is 10.7. The highest BCUT2D eigenvalue weighted by Crippen LogP contribution is 2.25. The Balaban J connectivity index is 2.06. The standard InChI is InChI=1S/C12H20N2O3S2/c1-13-4-3-10(6-13)7-14(2)19(16,17)12-5-11(8-15)9-18-12/h5,9-10,15H,3-4,6-8H2,1-2H3. The zero-order chi connectivity index (χ0) is 14.0. The molecule has 1 atom stereocenters. The topological polar surface area (TPSA) is 60.9 Å². The SMILES string of the molecule is CN1CCC(CN(C)S(=O)(=O)c2cc(CO)cs2)C1. The zero-order valence-electron chi connectivity index (χ0n) is 11.2. The van der Waals surface area contributed by atoms with E-state index in [1.165, 1.54) is 15.6 Å². The Hall–Kier alpha value is -0.470. The summed E-state index contributed by atoms with van der Waals surface area (Å²) in [6.45, 7) is 2.42. The minimum Gasteiger partial charge on any atom is -0.392 e. The molecule has 0 spiro atoms. The molecule has 1 aromatic heterocycles. The van der Waals surface area contributed by atoms with E-state index in [2.05, 4.69) is 11.9 Å². The molecular weight excluding hydrogens is 284 g/mol. The van der Waals surface area contributed by atoms with Gasteiger partial charge in [0.15, 0.2) is 0 Å². The number of rotatable bonds is 5. The van der Waals surface area contributed by atoms with Crippen LogP contribution in [0.15, 0.2) is 15.7 Å². The summed E-state index contributed by atoms with van der Waals surface area (Å²) in [4.78, 5) is 2.22. The first-order valence-corrected chi connectivity index (χ1v) is 8.58. The number of nitrogens with zero attached hydrogens (tertiary/aromatic N) is 2. The van der Waals surface area contributed by atoms with Crippen molar-refractivity contribution in [3.63, 3.8) is 0 Å². The number of hydrogen-bond donors (Lipinski definition) is 1. The molecule has 1 aromatic rings. The van der Waals surface area contributed by atoms with Crippen molar-refractivity contribution in [1.82, 2.24) is 9.21 Å². The number of aliphatic hydroxyl groups is 1. The molecule has 0 aromatic carbocycles. The van der Waals surface area contributed by atoms with Gasteiger partial charge < -0.3 is 10.0 Å². The number of sulfonamides is 1. The largest absolute Gasteiger partial charge is 0.392 e. The summed E-state index contributed by atoms with van der Waals surface area (Å²) in [5.74, 6) is 0.405. The van der Waals surface area contributed by atoms with Gasteiger partial charge in [0.1, 0.15) is 4.21 Å². The molecule has 1 N–H and O–H groups in total. The lowest BCUT2D eigenvalue weighted by Gasteiger charge is -2.20. The van der Waals surface area contributed by atoms with E-state index in [1.54, 1.807) is 18.5 Å². The Morgan fingerprint density at radius 2 is 2.32 bits per heavy atom. The van der Waals surface area contributed by atoms with Crippen LogP contribution in [0, 0.1) is 5.92 Å². The van der Waals surface area contributed by atoms with Gasteiger partial charge in [0.2, 0.25) is 0 Å². The van der Waals surface area contributed by atoms with Crippen LogP contribution in [0.3, 0.4) is 0 Å². The van der Waals surface area contributed by atoms with Crippen LogP contribution < -0.4 is 0 Å². The molecular formula is C12H20N2O3S2. The third-order valence-corrected chi connectivity index (χ3v) is 6.77. The maximum absolute atomic E-state index is 12.4. The van der Waals surface area contributed by atoms with Crippen LogP contribution in [0.5, 0.6) is 0 Å². The van der Waals surface area contributed by atoms with Crippen molar-refractivity contribution in [1.29, 1.82) is 0 Å². The van der Waals surface area contributed by atoms with Gasteiger partial charge >= 0.3 is 0 Å². The van der Waals surface area contributed by atoms with Crippen molar-refractivity contribution in [2.45, 2.75) is 17.2 Å². The van der Waals surface area contributed by atoms with Gasteiger partial charge in [-0.2, -0.15) is 4.31 Å². The lowest BCUT2D eigenvalue weighted by molar-refractivity contribution is 0.282. The van der Waals surface area contributed by atoms with Crippen molar-refractivity contribution in [2.75, 3.05) is 33.7 Å². The van der Waals surface area contributed by atoms with E-state index in [0.29, 0.717) is 22.2 Å². The van der Waals surface area contributed by atoms with Gasteiger partial charge in [0, 0.05) is 20.1 Å². The normalized spacial score (nSPS) is 21.4. The summed E-state index contributed by atoms with van der Waals surface area (Å²) in [7, 11) is 0.277. The van der Waals surface area contributed by atoms with E-state index in [0.717, 1.165) is 19.5 Å². The second-order valence-corrected chi connectivity index (χ2v) is 8.32. The van der Waals surface area contributed by atoms with E-state index >= 15 is 0 Å². The molecule has 1 saturated heterocycles. The molecule has 2 rings (SSSR count). The van der Waals surface area contributed by atoms with E-state index in [9.17, 15) is 8.42 Å². The fourth-order valence-electron chi connectivity index (χ4n) is 2.36. The predicted molar refractivity (Wildman–Crippen MR) is 75.7 cm³/mol. The summed E-state index contributed by atoms with van der Waals surface area (Å²) in [5.41, 5.74) is 0.651. The monoisotopic (exact) mass is 304 g/mol. The van der Waals surface area contributed by atoms with Gasteiger partial charge in [-0.1, -0.05) is 0 Å². The van der Waals surface area contributed by atoms with Crippen molar-refractivity contribution in [3.05, 3.63) is 17.0 Å². The highest BCUT2D eigenvalue weighted by Gasteiger charge is 2.28. The van der Waals surface area contributed by atoms with Crippen LogP contribution in [0.2, 0.25) is 0 Å². The summed E-state index contributed by atoms with van der Waals surface area (Å²) >= 11 is 1.17. The Morgan fingerprint density at radius 3 is 2.84 bits per heavy atom. The fraction of sp³-hybridized carbons (Fsp3) is 0.667. The molecule has 19 heavy (non-hydrogen) atoms. The lowest BCUT2D eigenvalue weighted by Crippen LogP contribution is -2.32. The Labute approximate surface area is 118 Å². The molecule has 7 heteroatoms. The van der Waals surface area contributed by atoms with Crippen molar-refractivity contribution < 1.29 is 13.5 Å². The molecule has 1 unspecified atom stereocenters. The fourth-order valence-corrected chi connectivity index (χ4v) is 5.02. The third kappa shape index (κ3) is 3.35. The van der Waals surface area contributed by atoms with Crippen LogP contribution in [0.4, 0.5) is 0 Å². The number of hydrogen-bond acceptors (Lipinski definition) is 5. The summed E-state index contributed by atoms with van der Waals surface area (Å²) < 4.78 is 26.5. The highest BCUT2D eigenvalue weighted by atomic mass is 32.2. The van der Waals surface area contributed by atoms with Gasteiger partial charge in [-0.25, -0.2) is 8.42 Å². The molecule has 0 amide bonds. The lowest BCUT2D eigenvalue weighted by atomic mass is 10.1. The Kier molecular flexibility index (Phi) is 4.62. The van der Waals surface area contributed by atoms with E-state index in [-0.39, 0.29) is 6.61 Å². The molecule has 0 aliphatic carbocycles. The first-order chi connectivity index (χ1) is 8.93. The van der Waals surface area contributed by atoms with Gasteiger partial charge in [-0.3, -0.25) is 0 Å². The minimum absolute atomic E-state index is 0.122. The number of thiophene rings is 1. The van der Waals surface area contributed by atoms with Crippen LogP contribution >= 0.6 is 11.3 Å². The molecule has 0 radical (unpaired) electrons. The van der Waals surface area contributed by atoms with Gasteiger partial charge in [0.25, 0.3) is 10.0 Å². The number of likely N-dealkylation sites (tertiary alicyclic amines) is 1. The molecule has 2 heterocycles. The van der Waals surface area contributed by atoms with Crippen molar-refractivity contribution in [3.8, 4) is 0 Å². The van der Waals surface area contributed by atoms with E-state index < -0.39 is 10.0 Å². The highest BCUT2D eigenvalue weighted by molar-refractivity contribution is 7.91. The van der Waals surface area contributed by atoms with Crippen LogP contribution in [0.25, 0.3) is 0 Å². The second-order valence-electron chi connectivity index (χ2n) is 5.13. The second kappa shape index (κ2) is 5.88. The quantitative estimate of drug-likeness (QED) is 0.874. The average molecular weight is 304 g/mol. The first-order valence-electron chi connectivity index (χ1n) is 6.26. The molecule has 0 bridgehead atoms. The summed E-state index contributed by atoms with van der Waals surface area (Å²) in [6, 6.07) is 1.55. The maximum Gasteiger partial charge on any atom is 0.252 e. The Morgan fingerprint density at radius 1 is 1.58 bits per heavy atom. The first kappa shape index (κ1) is 14.9. The molecule has 1 aliphatic heterocycles. The summed E-state index contributed by atoms with van der Waals surface area (Å²) in [6.07, 6.45) is 1.04. The molecule has 0 saturated carbocycles. The van der Waals surface area contributed by atoms with Crippen molar-refractivity contribution in [2.24, 2.45) is 5.92 Å². The van der Waals surface area contributed by atoms with E-state index in [1.807, 2.05) is 0 Å². The van der Waals surface area contributed by atoms with Crippen LogP contribution in [-0.2, 0) is 16.6 Å². The van der Waals surface area contributed by atoms with Gasteiger partial charge in [0.05, 0.1) is 6.61 Å². The molecule has 5 nitrogen and oxygen atoms in total. The molecule has 1 aliphatic rings. The maximum atomic E-state index is 12.4. The van der Waals surface area contributed by atoms with Crippen molar-refractivity contribution >= 4 is 21.4 Å². The van der Waals surface area contributed by atoms with Gasteiger partial charge in [-0.05, 0) is 42.9 Å². The van der Waals surface area contributed by atoms with Crippen LogP contribution in [-0.4, -0.2) is 56.5 Å². The smallest absolute Gasteiger partial charge is 0.252 e. The minimum atomic E-state index is -3.41. The van der Waals surface area contributed by atoms with E-state index in [4.69, 9.17) is 5.11 Å². The average Bonchev–Trinajstić information content (AvgIpc) is 2.98.